The van der Waals surface area contributed by atoms with Crippen LogP contribution in [0.4, 0.5) is 17.6 Å². The molecule has 4 aromatic rings. The van der Waals surface area contributed by atoms with Gasteiger partial charge in [-0.2, -0.15) is 13.2 Å². The summed E-state index contributed by atoms with van der Waals surface area (Å²) in [7, 11) is 0. The first-order valence-electron chi connectivity index (χ1n) is 13.4. The fourth-order valence-electron chi connectivity index (χ4n) is 5.38. The third kappa shape index (κ3) is 5.81. The number of benzene rings is 3. The highest BCUT2D eigenvalue weighted by Gasteiger charge is 2.36. The summed E-state index contributed by atoms with van der Waals surface area (Å²) in [5, 5.41) is 9.67. The Morgan fingerprint density at radius 2 is 1.95 bits per heavy atom. The Morgan fingerprint density at radius 1 is 1.14 bits per heavy atom. The molecule has 12 heteroatoms. The Balaban J connectivity index is 1.27. The summed E-state index contributed by atoms with van der Waals surface area (Å²) in [5.74, 6) is -1.35. The third-order valence-electron chi connectivity index (χ3n) is 7.72. The average molecular weight is 604 g/mol. The highest BCUT2D eigenvalue weighted by atomic mass is 35.5. The van der Waals surface area contributed by atoms with Gasteiger partial charge in [-0.05, 0) is 66.4 Å². The van der Waals surface area contributed by atoms with E-state index in [1.165, 1.54) is 24.3 Å². The van der Waals surface area contributed by atoms with Crippen LogP contribution >= 0.6 is 11.6 Å². The Morgan fingerprint density at radius 3 is 2.64 bits per heavy atom. The van der Waals surface area contributed by atoms with Gasteiger partial charge in [-0.1, -0.05) is 17.7 Å². The maximum absolute atomic E-state index is 14.3. The van der Waals surface area contributed by atoms with Gasteiger partial charge in [-0.15, -0.1) is 0 Å². The molecule has 1 fully saturated rings. The molecule has 1 atom stereocenters. The van der Waals surface area contributed by atoms with Crippen LogP contribution in [0, 0.1) is 5.82 Å². The number of hydrogen-bond donors (Lipinski definition) is 1. The third-order valence-corrected chi connectivity index (χ3v) is 7.95. The van der Waals surface area contributed by atoms with Crippen LogP contribution in [0.2, 0.25) is 5.02 Å². The number of carboxylic acids is 1. The number of fused-ring (bicyclic) bond motifs is 2. The number of aromatic carboxylic acids is 1. The lowest BCUT2D eigenvalue weighted by Crippen LogP contribution is -2.34. The van der Waals surface area contributed by atoms with Crippen molar-refractivity contribution in [3.05, 3.63) is 93.0 Å². The van der Waals surface area contributed by atoms with Crippen LogP contribution in [0.3, 0.4) is 0 Å². The molecule has 0 aliphatic carbocycles. The normalized spacial score (nSPS) is 17.2. The van der Waals surface area contributed by atoms with Gasteiger partial charge in [0.05, 0.1) is 41.4 Å². The number of alkyl halides is 3. The first kappa shape index (κ1) is 28.4. The quantitative estimate of drug-likeness (QED) is 0.233. The number of ether oxygens (including phenoxy) is 2. The number of halogens is 5. The minimum atomic E-state index is -4.65. The lowest BCUT2D eigenvalue weighted by molar-refractivity contribution is -0.139. The summed E-state index contributed by atoms with van der Waals surface area (Å²) in [6.45, 7) is 2.06. The molecule has 0 spiro atoms. The van der Waals surface area contributed by atoms with Crippen LogP contribution in [0.5, 0.6) is 5.75 Å². The SMILES string of the molecule is O=C(O)c1ccc2nc(CN3CCc4cc(C(F)(F)F)c(OCc5ccc(Cl)cc5F)cc4C3)n(C[C@H]3CCO3)c2c1. The van der Waals surface area contributed by atoms with Gasteiger partial charge in [0.15, 0.2) is 0 Å². The molecule has 3 aromatic carbocycles. The van der Waals surface area contributed by atoms with Gasteiger partial charge < -0.3 is 19.1 Å². The Kier molecular flexibility index (Phi) is 7.59. The van der Waals surface area contributed by atoms with E-state index >= 15 is 0 Å². The molecule has 1 saturated heterocycles. The number of carboxylic acid groups (broad SMARTS) is 1. The van der Waals surface area contributed by atoms with Gasteiger partial charge in [0.1, 0.15) is 24.0 Å². The zero-order chi connectivity index (χ0) is 29.6. The molecule has 6 rings (SSSR count). The molecule has 0 bridgehead atoms. The molecular weight excluding hydrogens is 578 g/mol. The van der Waals surface area contributed by atoms with Gasteiger partial charge in [0, 0.05) is 30.3 Å². The van der Waals surface area contributed by atoms with Gasteiger partial charge in [0.25, 0.3) is 0 Å². The molecule has 0 saturated carbocycles. The average Bonchev–Trinajstić information content (AvgIpc) is 3.24. The summed E-state index contributed by atoms with van der Waals surface area (Å²) in [6, 6.07) is 11.2. The van der Waals surface area contributed by atoms with Crippen molar-refractivity contribution < 1.29 is 36.9 Å². The topological polar surface area (TPSA) is 76.8 Å². The van der Waals surface area contributed by atoms with Crippen molar-refractivity contribution in [3.8, 4) is 5.75 Å². The molecule has 2 aliphatic heterocycles. The molecule has 42 heavy (non-hydrogen) atoms. The van der Waals surface area contributed by atoms with Crippen molar-refractivity contribution in [2.45, 2.75) is 51.4 Å². The fourth-order valence-corrected chi connectivity index (χ4v) is 5.54. The molecule has 7 nitrogen and oxygen atoms in total. The molecule has 3 heterocycles. The number of aromatic nitrogens is 2. The minimum absolute atomic E-state index is 0.00249. The lowest BCUT2D eigenvalue weighted by atomic mass is 9.96. The van der Waals surface area contributed by atoms with Gasteiger partial charge in [0.2, 0.25) is 0 Å². The predicted octanol–water partition coefficient (Wildman–Crippen LogP) is 6.47. The molecule has 1 aromatic heterocycles. The zero-order valence-corrected chi connectivity index (χ0v) is 23.0. The molecule has 0 amide bonds. The van der Waals surface area contributed by atoms with Gasteiger partial charge >= 0.3 is 12.1 Å². The fraction of sp³-hybridized carbons (Fsp3) is 0.333. The molecule has 220 valence electrons. The number of rotatable bonds is 8. The molecule has 2 aliphatic rings. The van der Waals surface area contributed by atoms with Crippen LogP contribution in [0.25, 0.3) is 11.0 Å². The van der Waals surface area contributed by atoms with Crippen LogP contribution in [0.1, 0.15) is 44.9 Å². The van der Waals surface area contributed by atoms with E-state index in [4.69, 9.17) is 26.1 Å². The second-order valence-corrected chi connectivity index (χ2v) is 11.0. The van der Waals surface area contributed by atoms with Crippen molar-refractivity contribution in [3.63, 3.8) is 0 Å². The van der Waals surface area contributed by atoms with E-state index in [9.17, 15) is 27.5 Å². The van der Waals surface area contributed by atoms with Crippen molar-refractivity contribution in [1.29, 1.82) is 0 Å². The molecule has 1 N–H and O–H groups in total. The standard InChI is InChI=1S/C30H26ClF4N3O4/c31-21-3-1-19(24(32)12-21)16-42-27-11-20-13-37(7-5-17(20)9-23(27)30(33,34)35)15-28-36-25-4-2-18(29(39)40)10-26(25)38(28)14-22-6-8-41-22/h1-4,9-12,22H,5-8,13-16H2,(H,39,40)/t22-/m1/s1. The van der Waals surface area contributed by atoms with Gasteiger partial charge in [-0.25, -0.2) is 14.2 Å². The van der Waals surface area contributed by atoms with E-state index in [1.807, 2.05) is 4.57 Å². The first-order chi connectivity index (χ1) is 20.0. The highest BCUT2D eigenvalue weighted by molar-refractivity contribution is 6.30. The van der Waals surface area contributed by atoms with Crippen LogP contribution in [-0.4, -0.2) is 44.8 Å². The molecule has 0 radical (unpaired) electrons. The minimum Gasteiger partial charge on any atom is -0.488 e. The van der Waals surface area contributed by atoms with Crippen molar-refractivity contribution >= 4 is 28.6 Å². The summed E-state index contributed by atoms with van der Waals surface area (Å²) < 4.78 is 69.3. The Hall–Kier alpha value is -3.67. The van der Waals surface area contributed by atoms with E-state index in [0.29, 0.717) is 67.2 Å². The Labute approximate surface area is 243 Å². The van der Waals surface area contributed by atoms with Crippen LogP contribution < -0.4 is 4.74 Å². The lowest BCUT2D eigenvalue weighted by Gasteiger charge is -2.31. The maximum atomic E-state index is 14.3. The smallest absolute Gasteiger partial charge is 0.419 e. The van der Waals surface area contributed by atoms with Crippen molar-refractivity contribution in [2.24, 2.45) is 0 Å². The Bertz CT molecular complexity index is 1670. The van der Waals surface area contributed by atoms with Crippen LogP contribution in [0.15, 0.2) is 48.5 Å². The van der Waals surface area contributed by atoms with E-state index in [-0.39, 0.29) is 34.6 Å². The number of carbonyl (C=O) groups is 1. The van der Waals surface area contributed by atoms with E-state index in [2.05, 4.69) is 4.90 Å². The molecular formula is C30H26ClF4N3O4. The summed E-state index contributed by atoms with van der Waals surface area (Å²) >= 11 is 5.79. The number of imidazole rings is 1. The van der Waals surface area contributed by atoms with Crippen molar-refractivity contribution in [1.82, 2.24) is 14.5 Å². The first-order valence-corrected chi connectivity index (χ1v) is 13.8. The largest absolute Gasteiger partial charge is 0.488 e. The van der Waals surface area contributed by atoms with Crippen LogP contribution in [-0.2, 0) is 43.6 Å². The highest BCUT2D eigenvalue weighted by Crippen LogP contribution is 2.40. The molecule has 0 unspecified atom stereocenters. The maximum Gasteiger partial charge on any atom is 0.419 e. The van der Waals surface area contributed by atoms with Gasteiger partial charge in [-0.3, -0.25) is 4.90 Å². The van der Waals surface area contributed by atoms with E-state index in [1.54, 1.807) is 12.1 Å². The number of hydrogen-bond acceptors (Lipinski definition) is 5. The second-order valence-electron chi connectivity index (χ2n) is 10.5. The van der Waals surface area contributed by atoms with Crippen molar-refractivity contribution in [2.75, 3.05) is 13.2 Å². The summed E-state index contributed by atoms with van der Waals surface area (Å²) in [6.07, 6.45) is -3.37. The number of nitrogens with zero attached hydrogens (tertiary/aromatic N) is 3. The van der Waals surface area contributed by atoms with E-state index in [0.717, 1.165) is 18.6 Å². The zero-order valence-electron chi connectivity index (χ0n) is 22.3. The predicted molar refractivity (Wildman–Crippen MR) is 146 cm³/mol. The summed E-state index contributed by atoms with van der Waals surface area (Å²) in [4.78, 5) is 18.4. The monoisotopic (exact) mass is 603 g/mol. The van der Waals surface area contributed by atoms with E-state index < -0.39 is 23.5 Å². The summed E-state index contributed by atoms with van der Waals surface area (Å²) in [5.41, 5.74) is 1.95. The second kappa shape index (κ2) is 11.2.